The van der Waals surface area contributed by atoms with Gasteiger partial charge in [0.1, 0.15) is 0 Å². The number of hydrogen-bond donors (Lipinski definition) is 0. The van der Waals surface area contributed by atoms with Gasteiger partial charge in [-0.2, -0.15) is 11.3 Å². The van der Waals surface area contributed by atoms with Gasteiger partial charge in [-0.25, -0.2) is 0 Å². The zero-order valence-electron chi connectivity index (χ0n) is 9.46. The summed E-state index contributed by atoms with van der Waals surface area (Å²) in [5.74, 6) is 1.28. The van der Waals surface area contributed by atoms with E-state index in [2.05, 4.69) is 0 Å². The molecule has 0 bridgehead atoms. The molecule has 0 atom stereocenters. The molecule has 0 N–H and O–H groups in total. The Hall–Kier alpha value is -2.07. The van der Waals surface area contributed by atoms with Crippen molar-refractivity contribution >= 4 is 23.2 Å². The quantitative estimate of drug-likeness (QED) is 0.625. The molecule has 0 fully saturated rings. The third kappa shape index (κ3) is 2.15. The lowest BCUT2D eigenvalue weighted by Crippen LogP contribution is -1.94. The number of carbonyl (C=O) groups excluding carboxylic acids is 1. The van der Waals surface area contributed by atoms with Crippen LogP contribution in [0.1, 0.15) is 15.9 Å². The van der Waals surface area contributed by atoms with E-state index in [4.69, 9.17) is 9.47 Å². The van der Waals surface area contributed by atoms with E-state index in [1.54, 1.807) is 35.6 Å². The van der Waals surface area contributed by atoms with Crippen molar-refractivity contribution in [2.24, 2.45) is 0 Å². The van der Waals surface area contributed by atoms with Crippen molar-refractivity contribution in [1.82, 2.24) is 0 Å². The van der Waals surface area contributed by atoms with Gasteiger partial charge < -0.3 is 9.47 Å². The Bertz CT molecular complexity index is 600. The number of ether oxygens (including phenoxy) is 2. The molecule has 1 aromatic heterocycles. The molecule has 0 spiro atoms. The second kappa shape index (κ2) is 4.66. The lowest BCUT2D eigenvalue weighted by Gasteiger charge is -1.98. The van der Waals surface area contributed by atoms with Gasteiger partial charge in [-0.05, 0) is 46.7 Å². The molecular formula is C14H10O3S. The van der Waals surface area contributed by atoms with Crippen molar-refractivity contribution in [3.8, 4) is 11.5 Å². The predicted molar refractivity (Wildman–Crippen MR) is 70.2 cm³/mol. The van der Waals surface area contributed by atoms with Crippen LogP contribution in [-0.4, -0.2) is 12.6 Å². The van der Waals surface area contributed by atoms with Crippen LogP contribution in [-0.2, 0) is 0 Å². The van der Waals surface area contributed by atoms with E-state index in [1.165, 1.54) is 0 Å². The van der Waals surface area contributed by atoms with Crippen LogP contribution in [0.2, 0.25) is 0 Å². The SMILES string of the molecule is O=C(/C=C/c1ccsc1)c1ccc2c(c1)OCO2. The first-order valence-electron chi connectivity index (χ1n) is 5.47. The third-order valence-electron chi connectivity index (χ3n) is 2.63. The number of hydrogen-bond acceptors (Lipinski definition) is 4. The fourth-order valence-electron chi connectivity index (χ4n) is 1.69. The van der Waals surface area contributed by atoms with Crippen LogP contribution in [0.3, 0.4) is 0 Å². The van der Waals surface area contributed by atoms with Gasteiger partial charge >= 0.3 is 0 Å². The molecule has 0 amide bonds. The van der Waals surface area contributed by atoms with Gasteiger partial charge in [-0.15, -0.1) is 0 Å². The number of rotatable bonds is 3. The van der Waals surface area contributed by atoms with Gasteiger partial charge in [0, 0.05) is 5.56 Å². The van der Waals surface area contributed by atoms with Gasteiger partial charge in [0.25, 0.3) is 0 Å². The Balaban J connectivity index is 1.80. The number of carbonyl (C=O) groups is 1. The molecule has 4 heteroatoms. The maximum Gasteiger partial charge on any atom is 0.231 e. The molecule has 0 unspecified atom stereocenters. The van der Waals surface area contributed by atoms with Crippen molar-refractivity contribution < 1.29 is 14.3 Å². The van der Waals surface area contributed by atoms with Crippen molar-refractivity contribution in [3.63, 3.8) is 0 Å². The molecule has 18 heavy (non-hydrogen) atoms. The Labute approximate surface area is 108 Å². The maximum atomic E-state index is 12.0. The lowest BCUT2D eigenvalue weighted by molar-refractivity contribution is 0.104. The first-order valence-corrected chi connectivity index (χ1v) is 6.41. The van der Waals surface area contributed by atoms with E-state index in [1.807, 2.05) is 22.9 Å². The van der Waals surface area contributed by atoms with E-state index >= 15 is 0 Å². The molecular weight excluding hydrogens is 248 g/mol. The van der Waals surface area contributed by atoms with Crippen LogP contribution in [0, 0.1) is 0 Å². The Morgan fingerprint density at radius 1 is 1.22 bits per heavy atom. The van der Waals surface area contributed by atoms with E-state index in [0.717, 1.165) is 5.56 Å². The van der Waals surface area contributed by atoms with Gasteiger partial charge in [-0.3, -0.25) is 4.79 Å². The van der Waals surface area contributed by atoms with E-state index < -0.39 is 0 Å². The minimum absolute atomic E-state index is 0.0421. The number of allylic oxidation sites excluding steroid dienone is 1. The summed E-state index contributed by atoms with van der Waals surface area (Å²) in [6, 6.07) is 7.18. The molecule has 2 heterocycles. The van der Waals surface area contributed by atoms with E-state index in [0.29, 0.717) is 17.1 Å². The highest BCUT2D eigenvalue weighted by molar-refractivity contribution is 7.08. The third-order valence-corrected chi connectivity index (χ3v) is 3.33. The summed E-state index contributed by atoms with van der Waals surface area (Å²) in [5.41, 5.74) is 1.64. The number of thiophene rings is 1. The van der Waals surface area contributed by atoms with Gasteiger partial charge in [0.05, 0.1) is 0 Å². The highest BCUT2D eigenvalue weighted by Crippen LogP contribution is 2.32. The Morgan fingerprint density at radius 2 is 2.11 bits per heavy atom. The zero-order chi connectivity index (χ0) is 12.4. The molecule has 0 aliphatic carbocycles. The molecule has 0 saturated heterocycles. The molecule has 3 nitrogen and oxygen atoms in total. The van der Waals surface area contributed by atoms with Crippen LogP contribution >= 0.6 is 11.3 Å². The zero-order valence-corrected chi connectivity index (χ0v) is 10.3. The van der Waals surface area contributed by atoms with Crippen LogP contribution in [0.25, 0.3) is 6.08 Å². The van der Waals surface area contributed by atoms with Gasteiger partial charge in [0.15, 0.2) is 17.3 Å². The number of benzene rings is 1. The van der Waals surface area contributed by atoms with Crippen LogP contribution in [0.5, 0.6) is 11.5 Å². The molecule has 1 aliphatic heterocycles. The summed E-state index contributed by atoms with van der Waals surface area (Å²) in [4.78, 5) is 12.0. The summed E-state index contributed by atoms with van der Waals surface area (Å²) in [6.07, 6.45) is 3.38. The van der Waals surface area contributed by atoms with Gasteiger partial charge in [0.2, 0.25) is 6.79 Å². The number of fused-ring (bicyclic) bond motifs is 1. The Kier molecular flexibility index (Phi) is 2.86. The molecule has 90 valence electrons. The first kappa shape index (κ1) is 11.0. The maximum absolute atomic E-state index is 12.0. The van der Waals surface area contributed by atoms with Crippen molar-refractivity contribution in [3.05, 3.63) is 52.2 Å². The summed E-state index contributed by atoms with van der Waals surface area (Å²) < 4.78 is 10.4. The Morgan fingerprint density at radius 3 is 2.94 bits per heavy atom. The van der Waals surface area contributed by atoms with Crippen LogP contribution < -0.4 is 9.47 Å². The summed E-state index contributed by atoms with van der Waals surface area (Å²) in [5, 5.41) is 3.97. The fourth-order valence-corrected chi connectivity index (χ4v) is 2.32. The molecule has 0 radical (unpaired) electrons. The topological polar surface area (TPSA) is 35.5 Å². The highest BCUT2D eigenvalue weighted by Gasteiger charge is 2.14. The van der Waals surface area contributed by atoms with Crippen molar-refractivity contribution in [2.75, 3.05) is 6.79 Å². The second-order valence-corrected chi connectivity index (χ2v) is 4.60. The van der Waals surface area contributed by atoms with Crippen LogP contribution in [0.15, 0.2) is 41.1 Å². The standard InChI is InChI=1S/C14H10O3S/c15-12(3-1-10-5-6-18-8-10)11-2-4-13-14(7-11)17-9-16-13/h1-8H,9H2/b3-1+. The summed E-state index contributed by atoms with van der Waals surface area (Å²) >= 11 is 1.60. The first-order chi connectivity index (χ1) is 8.83. The summed E-state index contributed by atoms with van der Waals surface area (Å²) in [6.45, 7) is 0.220. The minimum atomic E-state index is -0.0421. The molecule has 1 aromatic carbocycles. The summed E-state index contributed by atoms with van der Waals surface area (Å²) in [7, 11) is 0. The van der Waals surface area contributed by atoms with Crippen molar-refractivity contribution in [2.45, 2.75) is 0 Å². The lowest BCUT2D eigenvalue weighted by atomic mass is 10.1. The fraction of sp³-hybridized carbons (Fsp3) is 0.0714. The second-order valence-electron chi connectivity index (χ2n) is 3.82. The smallest absolute Gasteiger partial charge is 0.231 e. The molecule has 3 rings (SSSR count). The minimum Gasteiger partial charge on any atom is -0.454 e. The van der Waals surface area contributed by atoms with Crippen molar-refractivity contribution in [1.29, 1.82) is 0 Å². The largest absolute Gasteiger partial charge is 0.454 e. The average molecular weight is 258 g/mol. The van der Waals surface area contributed by atoms with E-state index in [9.17, 15) is 4.79 Å². The van der Waals surface area contributed by atoms with E-state index in [-0.39, 0.29) is 12.6 Å². The highest BCUT2D eigenvalue weighted by atomic mass is 32.1. The molecule has 2 aromatic rings. The number of ketones is 1. The predicted octanol–water partition coefficient (Wildman–Crippen LogP) is 3.37. The monoisotopic (exact) mass is 258 g/mol. The van der Waals surface area contributed by atoms with Gasteiger partial charge in [-0.1, -0.05) is 6.08 Å². The normalized spacial score (nSPS) is 13.1. The molecule has 0 saturated carbocycles. The molecule has 1 aliphatic rings. The average Bonchev–Trinajstić information content (AvgIpc) is 3.05. The van der Waals surface area contributed by atoms with Crippen LogP contribution in [0.4, 0.5) is 0 Å².